The standard InChI is InChI=1S/C16H21N3O2/c1-10-6-11(2)8-13(7-10)21-5-4-15-18-14(12(3)17)9-16(20)19-15/h6-9,12H,4-5,17H2,1-3H3,(H,18,19,20). The first-order valence-corrected chi connectivity index (χ1v) is 7.01. The third-order valence-electron chi connectivity index (χ3n) is 3.08. The van der Waals surface area contributed by atoms with Crippen LogP contribution in [0.3, 0.4) is 0 Å². The Morgan fingerprint density at radius 2 is 1.90 bits per heavy atom. The number of H-pyrrole nitrogens is 1. The van der Waals surface area contributed by atoms with Gasteiger partial charge < -0.3 is 15.5 Å². The van der Waals surface area contributed by atoms with Gasteiger partial charge in [0.1, 0.15) is 11.6 Å². The Hall–Kier alpha value is -2.14. The van der Waals surface area contributed by atoms with E-state index in [9.17, 15) is 4.79 Å². The summed E-state index contributed by atoms with van der Waals surface area (Å²) < 4.78 is 5.72. The summed E-state index contributed by atoms with van der Waals surface area (Å²) in [5.74, 6) is 1.43. The molecule has 2 aromatic rings. The SMILES string of the molecule is Cc1cc(C)cc(OCCc2nc(C(C)N)cc(=O)[nH]2)c1. The third kappa shape index (κ3) is 4.43. The Morgan fingerprint density at radius 3 is 2.52 bits per heavy atom. The van der Waals surface area contributed by atoms with E-state index in [1.165, 1.54) is 6.07 Å². The number of rotatable bonds is 5. The van der Waals surface area contributed by atoms with Crippen LogP contribution in [0.1, 0.15) is 35.6 Å². The quantitative estimate of drug-likeness (QED) is 0.881. The number of aryl methyl sites for hydroxylation is 2. The number of nitrogens with zero attached hydrogens (tertiary/aromatic N) is 1. The Labute approximate surface area is 124 Å². The summed E-state index contributed by atoms with van der Waals surface area (Å²) in [6, 6.07) is 7.24. The van der Waals surface area contributed by atoms with Crippen molar-refractivity contribution in [3.8, 4) is 5.75 Å². The van der Waals surface area contributed by atoms with Gasteiger partial charge in [0.2, 0.25) is 0 Å². The summed E-state index contributed by atoms with van der Waals surface area (Å²) in [4.78, 5) is 18.6. The molecule has 0 bridgehead atoms. The molecule has 1 unspecified atom stereocenters. The van der Waals surface area contributed by atoms with E-state index in [4.69, 9.17) is 10.5 Å². The van der Waals surface area contributed by atoms with E-state index >= 15 is 0 Å². The van der Waals surface area contributed by atoms with Crippen LogP contribution in [0.5, 0.6) is 5.75 Å². The maximum absolute atomic E-state index is 11.5. The topological polar surface area (TPSA) is 81.0 Å². The molecule has 0 spiro atoms. The van der Waals surface area contributed by atoms with E-state index in [0.717, 1.165) is 16.9 Å². The molecule has 21 heavy (non-hydrogen) atoms. The number of nitrogens with one attached hydrogen (secondary N) is 1. The molecule has 0 amide bonds. The number of benzene rings is 1. The van der Waals surface area contributed by atoms with Crippen LogP contribution in [0, 0.1) is 13.8 Å². The Morgan fingerprint density at radius 1 is 1.24 bits per heavy atom. The van der Waals surface area contributed by atoms with Gasteiger partial charge in [-0.1, -0.05) is 6.07 Å². The fraction of sp³-hybridized carbons (Fsp3) is 0.375. The molecule has 5 heteroatoms. The number of ether oxygens (including phenoxy) is 1. The minimum absolute atomic E-state index is 0.182. The molecule has 1 heterocycles. The first kappa shape index (κ1) is 15.3. The van der Waals surface area contributed by atoms with Crippen molar-refractivity contribution in [2.24, 2.45) is 5.73 Å². The molecule has 1 atom stereocenters. The van der Waals surface area contributed by atoms with Crippen LogP contribution < -0.4 is 16.0 Å². The van der Waals surface area contributed by atoms with E-state index in [1.54, 1.807) is 6.92 Å². The van der Waals surface area contributed by atoms with Gasteiger partial charge in [0.15, 0.2) is 0 Å². The van der Waals surface area contributed by atoms with E-state index in [-0.39, 0.29) is 11.6 Å². The molecule has 112 valence electrons. The van der Waals surface area contributed by atoms with Gasteiger partial charge in [-0.3, -0.25) is 4.79 Å². The fourth-order valence-electron chi connectivity index (χ4n) is 2.16. The predicted octanol–water partition coefficient (Wildman–Crippen LogP) is 2.03. The Bertz CT molecular complexity index is 657. The second-order valence-corrected chi connectivity index (χ2v) is 5.33. The highest BCUT2D eigenvalue weighted by molar-refractivity contribution is 5.33. The van der Waals surface area contributed by atoms with Crippen LogP contribution in [-0.4, -0.2) is 16.6 Å². The summed E-state index contributed by atoms with van der Waals surface area (Å²) in [6.07, 6.45) is 0.531. The summed E-state index contributed by atoms with van der Waals surface area (Å²) in [5.41, 5.74) is 8.50. The molecule has 0 aliphatic heterocycles. The number of hydrogen-bond acceptors (Lipinski definition) is 4. The molecule has 0 saturated heterocycles. The van der Waals surface area contributed by atoms with E-state index in [0.29, 0.717) is 24.5 Å². The highest BCUT2D eigenvalue weighted by Crippen LogP contribution is 2.16. The maximum atomic E-state index is 11.5. The zero-order chi connectivity index (χ0) is 15.4. The van der Waals surface area contributed by atoms with Crippen molar-refractivity contribution in [2.45, 2.75) is 33.2 Å². The summed E-state index contributed by atoms with van der Waals surface area (Å²) in [6.45, 7) is 6.32. The van der Waals surface area contributed by atoms with Crippen LogP contribution in [-0.2, 0) is 6.42 Å². The molecule has 0 radical (unpaired) electrons. The second-order valence-electron chi connectivity index (χ2n) is 5.33. The lowest BCUT2D eigenvalue weighted by Gasteiger charge is -2.09. The first-order valence-electron chi connectivity index (χ1n) is 7.01. The van der Waals surface area contributed by atoms with E-state index in [2.05, 4.69) is 16.0 Å². The predicted molar refractivity (Wildman–Crippen MR) is 82.6 cm³/mol. The minimum atomic E-state index is -0.258. The molecular weight excluding hydrogens is 266 g/mol. The molecule has 5 nitrogen and oxygen atoms in total. The highest BCUT2D eigenvalue weighted by Gasteiger charge is 2.06. The van der Waals surface area contributed by atoms with Crippen LogP contribution in [0.25, 0.3) is 0 Å². The zero-order valence-electron chi connectivity index (χ0n) is 12.6. The number of aromatic amines is 1. The van der Waals surface area contributed by atoms with Crippen molar-refractivity contribution >= 4 is 0 Å². The minimum Gasteiger partial charge on any atom is -0.493 e. The molecule has 0 fully saturated rings. The van der Waals surface area contributed by atoms with Crippen LogP contribution in [0.4, 0.5) is 0 Å². The van der Waals surface area contributed by atoms with Gasteiger partial charge in [-0.2, -0.15) is 0 Å². The van der Waals surface area contributed by atoms with Gasteiger partial charge >= 0.3 is 0 Å². The van der Waals surface area contributed by atoms with Gasteiger partial charge in [0, 0.05) is 18.5 Å². The van der Waals surface area contributed by atoms with Crippen molar-refractivity contribution in [2.75, 3.05) is 6.61 Å². The molecule has 2 rings (SSSR count). The molecule has 1 aromatic carbocycles. The average Bonchev–Trinajstić information content (AvgIpc) is 2.36. The Kier molecular flexibility index (Phi) is 4.75. The van der Waals surface area contributed by atoms with E-state index in [1.807, 2.05) is 26.0 Å². The zero-order valence-corrected chi connectivity index (χ0v) is 12.6. The van der Waals surface area contributed by atoms with Gasteiger partial charge in [0.05, 0.1) is 12.3 Å². The van der Waals surface area contributed by atoms with Crippen molar-refractivity contribution in [3.05, 3.63) is 57.3 Å². The lowest BCUT2D eigenvalue weighted by Crippen LogP contribution is -2.18. The molecule has 3 N–H and O–H groups in total. The normalized spacial score (nSPS) is 12.2. The molecule has 0 aliphatic carbocycles. The van der Waals surface area contributed by atoms with Gasteiger partial charge in [-0.15, -0.1) is 0 Å². The van der Waals surface area contributed by atoms with E-state index < -0.39 is 0 Å². The average molecular weight is 287 g/mol. The summed E-state index contributed by atoms with van der Waals surface area (Å²) >= 11 is 0. The number of nitrogens with two attached hydrogens (primary N) is 1. The monoisotopic (exact) mass is 287 g/mol. The molecule has 1 aromatic heterocycles. The van der Waals surface area contributed by atoms with Crippen molar-refractivity contribution in [3.63, 3.8) is 0 Å². The third-order valence-corrected chi connectivity index (χ3v) is 3.08. The number of aromatic nitrogens is 2. The van der Waals surface area contributed by atoms with Gasteiger partial charge in [-0.05, 0) is 44.0 Å². The molecular formula is C16H21N3O2. The fourth-order valence-corrected chi connectivity index (χ4v) is 2.16. The second kappa shape index (κ2) is 6.54. The first-order chi connectivity index (χ1) is 9.94. The van der Waals surface area contributed by atoms with Crippen molar-refractivity contribution in [1.82, 2.24) is 9.97 Å². The largest absolute Gasteiger partial charge is 0.493 e. The lowest BCUT2D eigenvalue weighted by molar-refractivity contribution is 0.318. The van der Waals surface area contributed by atoms with Gasteiger partial charge in [0.25, 0.3) is 5.56 Å². The number of hydrogen-bond donors (Lipinski definition) is 2. The molecule has 0 saturated carbocycles. The van der Waals surface area contributed by atoms with Crippen LogP contribution in [0.2, 0.25) is 0 Å². The van der Waals surface area contributed by atoms with Crippen LogP contribution >= 0.6 is 0 Å². The summed E-state index contributed by atoms with van der Waals surface area (Å²) in [7, 11) is 0. The van der Waals surface area contributed by atoms with Crippen molar-refractivity contribution < 1.29 is 4.74 Å². The van der Waals surface area contributed by atoms with Gasteiger partial charge in [-0.25, -0.2) is 4.98 Å². The van der Waals surface area contributed by atoms with Crippen molar-refractivity contribution in [1.29, 1.82) is 0 Å². The maximum Gasteiger partial charge on any atom is 0.251 e. The summed E-state index contributed by atoms with van der Waals surface area (Å²) in [5, 5.41) is 0. The Balaban J connectivity index is 2.01. The smallest absolute Gasteiger partial charge is 0.251 e. The highest BCUT2D eigenvalue weighted by atomic mass is 16.5. The molecule has 0 aliphatic rings. The van der Waals surface area contributed by atoms with Crippen LogP contribution in [0.15, 0.2) is 29.1 Å². The lowest BCUT2D eigenvalue weighted by atomic mass is 10.1.